The van der Waals surface area contributed by atoms with Gasteiger partial charge >= 0.3 is 0 Å². The third-order valence-electron chi connectivity index (χ3n) is 1.98. The molecule has 0 bridgehead atoms. The summed E-state index contributed by atoms with van der Waals surface area (Å²) in [5, 5.41) is 45.1. The van der Waals surface area contributed by atoms with E-state index >= 15 is 0 Å². The van der Waals surface area contributed by atoms with E-state index in [0.717, 1.165) is 6.61 Å². The van der Waals surface area contributed by atoms with Gasteiger partial charge in [-0.3, -0.25) is 0 Å². The molecule has 0 aliphatic carbocycles. The average Bonchev–Trinajstić information content (AvgIpc) is 2.13. The number of aliphatic hydroxyl groups excluding tert-OH is 5. The SMILES string of the molecule is OC[C@@H](O)[C@H]1O[CH][C@H](O)[C@@H](O)[C@@H]1O. The van der Waals surface area contributed by atoms with Gasteiger partial charge in [0.2, 0.25) is 0 Å². The van der Waals surface area contributed by atoms with E-state index < -0.39 is 37.1 Å². The van der Waals surface area contributed by atoms with E-state index in [1.807, 2.05) is 0 Å². The third kappa shape index (κ3) is 2.16. The largest absolute Gasteiger partial charge is 0.394 e. The number of aliphatic hydroxyl groups is 5. The molecule has 1 radical (unpaired) electrons. The van der Waals surface area contributed by atoms with Gasteiger partial charge in [0, 0.05) is 0 Å². The molecular formula is C7H13O6. The maximum atomic E-state index is 9.28. The van der Waals surface area contributed by atoms with Crippen LogP contribution in [0.25, 0.3) is 0 Å². The summed E-state index contributed by atoms with van der Waals surface area (Å²) in [4.78, 5) is 0. The van der Waals surface area contributed by atoms with Gasteiger partial charge in [-0.2, -0.15) is 0 Å². The van der Waals surface area contributed by atoms with Crippen molar-refractivity contribution in [2.75, 3.05) is 6.61 Å². The summed E-state index contributed by atoms with van der Waals surface area (Å²) in [7, 11) is 0. The molecule has 0 aromatic carbocycles. The summed E-state index contributed by atoms with van der Waals surface area (Å²) < 4.78 is 4.73. The highest BCUT2D eigenvalue weighted by Crippen LogP contribution is 2.20. The van der Waals surface area contributed by atoms with E-state index in [1.165, 1.54) is 0 Å². The molecule has 5 N–H and O–H groups in total. The molecule has 0 aromatic heterocycles. The van der Waals surface area contributed by atoms with Gasteiger partial charge < -0.3 is 30.3 Å². The van der Waals surface area contributed by atoms with Crippen molar-refractivity contribution in [1.82, 2.24) is 0 Å². The quantitative estimate of drug-likeness (QED) is 0.319. The van der Waals surface area contributed by atoms with Gasteiger partial charge in [0.25, 0.3) is 0 Å². The van der Waals surface area contributed by atoms with Gasteiger partial charge in [0.05, 0.1) is 6.61 Å². The van der Waals surface area contributed by atoms with E-state index in [1.54, 1.807) is 0 Å². The Hall–Kier alpha value is -0.240. The molecule has 6 heteroatoms. The van der Waals surface area contributed by atoms with Crippen molar-refractivity contribution >= 4 is 0 Å². The summed E-state index contributed by atoms with van der Waals surface area (Å²) >= 11 is 0. The molecule has 1 aliphatic rings. The van der Waals surface area contributed by atoms with Crippen LogP contribution in [0.4, 0.5) is 0 Å². The molecule has 1 heterocycles. The van der Waals surface area contributed by atoms with Crippen LogP contribution in [0.1, 0.15) is 0 Å². The van der Waals surface area contributed by atoms with Crippen LogP contribution in [-0.4, -0.2) is 62.7 Å². The summed E-state index contributed by atoms with van der Waals surface area (Å²) in [5.41, 5.74) is 0. The Labute approximate surface area is 75.0 Å². The molecule has 0 spiro atoms. The topological polar surface area (TPSA) is 110 Å². The molecule has 6 nitrogen and oxygen atoms in total. The first-order chi connectivity index (χ1) is 6.07. The summed E-state index contributed by atoms with van der Waals surface area (Å²) in [6.45, 7) is 0.333. The molecule has 1 aliphatic heterocycles. The minimum atomic E-state index is -1.41. The molecule has 1 saturated heterocycles. The second kappa shape index (κ2) is 4.32. The fourth-order valence-corrected chi connectivity index (χ4v) is 1.15. The van der Waals surface area contributed by atoms with Crippen molar-refractivity contribution in [1.29, 1.82) is 0 Å². The smallest absolute Gasteiger partial charge is 0.115 e. The Bertz CT molecular complexity index is 163. The van der Waals surface area contributed by atoms with Crippen molar-refractivity contribution in [3.63, 3.8) is 0 Å². The molecule has 0 saturated carbocycles. The van der Waals surface area contributed by atoms with Crippen LogP contribution in [0.2, 0.25) is 0 Å². The number of rotatable bonds is 2. The van der Waals surface area contributed by atoms with E-state index in [2.05, 4.69) is 0 Å². The molecule has 5 atom stereocenters. The lowest BCUT2D eigenvalue weighted by atomic mass is 9.97. The van der Waals surface area contributed by atoms with Gasteiger partial charge in [-0.1, -0.05) is 0 Å². The van der Waals surface area contributed by atoms with Gasteiger partial charge in [-0.05, 0) is 0 Å². The number of hydrogen-bond acceptors (Lipinski definition) is 6. The zero-order valence-electron chi connectivity index (χ0n) is 6.82. The van der Waals surface area contributed by atoms with Crippen LogP contribution in [-0.2, 0) is 4.74 Å². The molecular weight excluding hydrogens is 180 g/mol. The van der Waals surface area contributed by atoms with E-state index in [4.69, 9.17) is 25.2 Å². The highest BCUT2D eigenvalue weighted by Gasteiger charge is 2.41. The van der Waals surface area contributed by atoms with Crippen LogP contribution in [0.3, 0.4) is 0 Å². The molecule has 1 rings (SSSR count). The monoisotopic (exact) mass is 193 g/mol. The number of ether oxygens (including phenoxy) is 1. The first kappa shape index (κ1) is 10.8. The first-order valence-corrected chi connectivity index (χ1v) is 3.90. The van der Waals surface area contributed by atoms with Crippen LogP contribution in [0.15, 0.2) is 0 Å². The van der Waals surface area contributed by atoms with Gasteiger partial charge in [0.15, 0.2) is 0 Å². The second-order valence-corrected chi connectivity index (χ2v) is 2.96. The highest BCUT2D eigenvalue weighted by molar-refractivity contribution is 4.94. The fourth-order valence-electron chi connectivity index (χ4n) is 1.15. The van der Waals surface area contributed by atoms with Crippen molar-refractivity contribution < 1.29 is 30.3 Å². The molecule has 0 amide bonds. The van der Waals surface area contributed by atoms with Gasteiger partial charge in [-0.25, -0.2) is 0 Å². The van der Waals surface area contributed by atoms with Crippen LogP contribution in [0.5, 0.6) is 0 Å². The van der Waals surface area contributed by atoms with Crippen molar-refractivity contribution in [3.8, 4) is 0 Å². The summed E-state index contributed by atoms with van der Waals surface area (Å²) in [6.07, 6.45) is -6.49. The fraction of sp³-hybridized carbons (Fsp3) is 0.857. The zero-order chi connectivity index (χ0) is 10.0. The Morgan fingerprint density at radius 3 is 2.38 bits per heavy atom. The van der Waals surface area contributed by atoms with Crippen molar-refractivity contribution in [3.05, 3.63) is 6.61 Å². The minimum absolute atomic E-state index is 0.585. The van der Waals surface area contributed by atoms with Crippen LogP contribution in [0, 0.1) is 6.61 Å². The van der Waals surface area contributed by atoms with Crippen molar-refractivity contribution in [2.45, 2.75) is 30.5 Å². The first-order valence-electron chi connectivity index (χ1n) is 3.90. The maximum Gasteiger partial charge on any atom is 0.115 e. The minimum Gasteiger partial charge on any atom is -0.394 e. The molecule has 77 valence electrons. The Kier molecular flexibility index (Phi) is 3.60. The Morgan fingerprint density at radius 2 is 1.85 bits per heavy atom. The number of hydrogen-bond donors (Lipinski definition) is 5. The molecule has 0 unspecified atom stereocenters. The van der Waals surface area contributed by atoms with Crippen LogP contribution >= 0.6 is 0 Å². The lowest BCUT2D eigenvalue weighted by Crippen LogP contribution is -2.55. The third-order valence-corrected chi connectivity index (χ3v) is 1.98. The van der Waals surface area contributed by atoms with Crippen LogP contribution < -0.4 is 0 Å². The zero-order valence-corrected chi connectivity index (χ0v) is 6.82. The van der Waals surface area contributed by atoms with Crippen molar-refractivity contribution in [2.24, 2.45) is 0 Å². The standard InChI is InChI=1S/C7H13O6/c8-1-3(9)7-6(12)5(11)4(10)2-13-7/h2-12H,1H2/t3-,4+,5-,6+,7-/m1/s1. The predicted octanol–water partition coefficient (Wildman–Crippen LogP) is -3.02. The maximum absolute atomic E-state index is 9.28. The predicted molar refractivity (Wildman–Crippen MR) is 40.3 cm³/mol. The lowest BCUT2D eigenvalue weighted by Gasteiger charge is -2.36. The van der Waals surface area contributed by atoms with Gasteiger partial charge in [0.1, 0.15) is 37.1 Å². The summed E-state index contributed by atoms with van der Waals surface area (Å²) in [6, 6.07) is 0. The molecule has 13 heavy (non-hydrogen) atoms. The Balaban J connectivity index is 2.58. The van der Waals surface area contributed by atoms with Gasteiger partial charge in [-0.15, -0.1) is 0 Å². The average molecular weight is 193 g/mol. The van der Waals surface area contributed by atoms with E-state index in [-0.39, 0.29) is 0 Å². The lowest BCUT2D eigenvalue weighted by molar-refractivity contribution is -0.191. The molecule has 1 fully saturated rings. The Morgan fingerprint density at radius 1 is 1.23 bits per heavy atom. The highest BCUT2D eigenvalue weighted by atomic mass is 16.5. The van der Waals surface area contributed by atoms with E-state index in [9.17, 15) is 5.11 Å². The molecule has 0 aromatic rings. The normalized spacial score (nSPS) is 43.2. The second-order valence-electron chi connectivity index (χ2n) is 2.96. The summed E-state index contributed by atoms with van der Waals surface area (Å²) in [5.74, 6) is 0. The van der Waals surface area contributed by atoms with E-state index in [0.29, 0.717) is 0 Å².